The van der Waals surface area contributed by atoms with Gasteiger partial charge in [-0.1, -0.05) is 19.0 Å². The zero-order chi connectivity index (χ0) is 14.0. The van der Waals surface area contributed by atoms with Gasteiger partial charge in [-0.05, 0) is 18.6 Å². The Kier molecular flexibility index (Phi) is 3.90. The van der Waals surface area contributed by atoms with Gasteiger partial charge in [-0.15, -0.1) is 0 Å². The maximum Gasteiger partial charge on any atom is 0.231 e. The van der Waals surface area contributed by atoms with Crippen molar-refractivity contribution in [2.45, 2.75) is 32.2 Å². The summed E-state index contributed by atoms with van der Waals surface area (Å²) in [4.78, 5) is 4.14. The first kappa shape index (κ1) is 13.6. The monoisotopic (exact) mass is 267 g/mol. The fourth-order valence-corrected chi connectivity index (χ4v) is 1.76. The van der Waals surface area contributed by atoms with E-state index in [1.807, 2.05) is 13.8 Å². The average molecular weight is 267 g/mol. The van der Waals surface area contributed by atoms with Gasteiger partial charge in [0, 0.05) is 17.7 Å². The Labute approximate surface area is 109 Å². The van der Waals surface area contributed by atoms with Gasteiger partial charge in [0.25, 0.3) is 0 Å². The molecular weight excluding hydrogens is 252 g/mol. The van der Waals surface area contributed by atoms with Gasteiger partial charge in [-0.25, -0.2) is 8.78 Å². The first-order chi connectivity index (χ1) is 9.01. The number of hydrogen-bond acceptors (Lipinski definition) is 4. The largest absolute Gasteiger partial charge is 0.339 e. The zero-order valence-corrected chi connectivity index (χ0v) is 10.7. The third-order valence-electron chi connectivity index (χ3n) is 3.07. The van der Waals surface area contributed by atoms with Crippen LogP contribution in [0.5, 0.6) is 0 Å². The zero-order valence-electron chi connectivity index (χ0n) is 10.7. The quantitative estimate of drug-likeness (QED) is 0.925. The van der Waals surface area contributed by atoms with Crippen LogP contribution < -0.4 is 5.73 Å². The molecule has 19 heavy (non-hydrogen) atoms. The summed E-state index contributed by atoms with van der Waals surface area (Å²) in [5.74, 6) is -0.943. The van der Waals surface area contributed by atoms with Crippen LogP contribution >= 0.6 is 0 Å². The van der Waals surface area contributed by atoms with Crippen LogP contribution in [0.15, 0.2) is 22.7 Å². The predicted molar refractivity (Wildman–Crippen MR) is 66.3 cm³/mol. The molecule has 0 saturated heterocycles. The first-order valence-electron chi connectivity index (χ1n) is 6.07. The molecule has 2 unspecified atom stereocenters. The van der Waals surface area contributed by atoms with Crippen LogP contribution in [0.3, 0.4) is 0 Å². The van der Waals surface area contributed by atoms with E-state index >= 15 is 0 Å². The lowest BCUT2D eigenvalue weighted by atomic mass is 10.0. The van der Waals surface area contributed by atoms with Crippen LogP contribution in [-0.4, -0.2) is 16.2 Å². The van der Waals surface area contributed by atoms with Crippen molar-refractivity contribution >= 4 is 0 Å². The van der Waals surface area contributed by atoms with Crippen LogP contribution in [-0.2, 0) is 0 Å². The van der Waals surface area contributed by atoms with E-state index < -0.39 is 11.6 Å². The van der Waals surface area contributed by atoms with Crippen molar-refractivity contribution < 1.29 is 13.3 Å². The van der Waals surface area contributed by atoms with Gasteiger partial charge < -0.3 is 10.3 Å². The first-order valence-corrected chi connectivity index (χ1v) is 6.07. The molecule has 0 bridgehead atoms. The van der Waals surface area contributed by atoms with Gasteiger partial charge in [0.15, 0.2) is 0 Å². The van der Waals surface area contributed by atoms with Gasteiger partial charge in [-0.2, -0.15) is 4.98 Å². The third-order valence-corrected chi connectivity index (χ3v) is 3.07. The number of halogens is 2. The number of nitrogens with zero attached hydrogens (tertiary/aromatic N) is 2. The summed E-state index contributed by atoms with van der Waals surface area (Å²) in [5.41, 5.74) is 6.14. The van der Waals surface area contributed by atoms with E-state index in [4.69, 9.17) is 10.3 Å². The molecule has 1 aromatic heterocycles. The molecule has 2 aromatic rings. The Hall–Kier alpha value is -1.82. The average Bonchev–Trinajstić information content (AvgIpc) is 2.85. The predicted octanol–water partition coefficient (Wildman–Crippen LogP) is 2.86. The standard InChI is InChI=1S/C13H15F2N3O/c1-3-11(16)7(2)13-17-12(18-19-13)8-4-9(14)6-10(15)5-8/h4-7,11H,3,16H2,1-2H3. The Morgan fingerprint density at radius 3 is 2.47 bits per heavy atom. The molecule has 0 radical (unpaired) electrons. The van der Waals surface area contributed by atoms with Gasteiger partial charge in [-0.3, -0.25) is 0 Å². The number of aromatic nitrogens is 2. The van der Waals surface area contributed by atoms with Crippen molar-refractivity contribution in [2.75, 3.05) is 0 Å². The van der Waals surface area contributed by atoms with Gasteiger partial charge in [0.05, 0.1) is 5.92 Å². The number of benzene rings is 1. The summed E-state index contributed by atoms with van der Waals surface area (Å²) in [5, 5.41) is 3.73. The molecule has 6 heteroatoms. The molecule has 0 aliphatic rings. The lowest BCUT2D eigenvalue weighted by Crippen LogP contribution is -2.25. The molecule has 0 fully saturated rings. The van der Waals surface area contributed by atoms with Gasteiger partial charge in [0.2, 0.25) is 11.7 Å². The van der Waals surface area contributed by atoms with Crippen molar-refractivity contribution in [2.24, 2.45) is 5.73 Å². The molecule has 1 aromatic carbocycles. The second kappa shape index (κ2) is 5.44. The minimum absolute atomic E-state index is 0.0995. The van der Waals surface area contributed by atoms with Crippen LogP contribution in [0.2, 0.25) is 0 Å². The fourth-order valence-electron chi connectivity index (χ4n) is 1.76. The molecule has 1 heterocycles. The molecule has 4 nitrogen and oxygen atoms in total. The summed E-state index contributed by atoms with van der Waals surface area (Å²) in [7, 11) is 0. The van der Waals surface area contributed by atoms with Gasteiger partial charge >= 0.3 is 0 Å². The SMILES string of the molecule is CCC(N)C(C)c1nc(-c2cc(F)cc(F)c2)no1. The third kappa shape index (κ3) is 2.96. The van der Waals surface area contributed by atoms with Crippen LogP contribution in [0.25, 0.3) is 11.4 Å². The maximum absolute atomic E-state index is 13.1. The Morgan fingerprint density at radius 2 is 1.89 bits per heavy atom. The summed E-state index contributed by atoms with van der Waals surface area (Å²) >= 11 is 0. The Bertz CT molecular complexity index is 551. The molecule has 2 atom stereocenters. The lowest BCUT2D eigenvalue weighted by molar-refractivity contribution is 0.340. The second-order valence-corrected chi connectivity index (χ2v) is 4.48. The van der Waals surface area contributed by atoms with Crippen LogP contribution in [0, 0.1) is 11.6 Å². The fraction of sp³-hybridized carbons (Fsp3) is 0.385. The molecule has 0 saturated carbocycles. The summed E-state index contributed by atoms with van der Waals surface area (Å²) in [6.45, 7) is 3.83. The topological polar surface area (TPSA) is 64.9 Å². The molecule has 102 valence electrons. The summed E-state index contributed by atoms with van der Waals surface area (Å²) in [6, 6.07) is 3.00. The summed E-state index contributed by atoms with van der Waals surface area (Å²) < 4.78 is 31.3. The van der Waals surface area contributed by atoms with Crippen molar-refractivity contribution in [3.8, 4) is 11.4 Å². The smallest absolute Gasteiger partial charge is 0.231 e. The van der Waals surface area contributed by atoms with E-state index in [2.05, 4.69) is 10.1 Å². The number of hydrogen-bond donors (Lipinski definition) is 1. The minimum Gasteiger partial charge on any atom is -0.339 e. The Morgan fingerprint density at radius 1 is 1.26 bits per heavy atom. The van der Waals surface area contributed by atoms with Crippen molar-refractivity contribution in [3.05, 3.63) is 35.7 Å². The van der Waals surface area contributed by atoms with E-state index in [-0.39, 0.29) is 23.3 Å². The molecule has 2 rings (SSSR count). The van der Waals surface area contributed by atoms with Crippen LogP contribution in [0.4, 0.5) is 8.78 Å². The van der Waals surface area contributed by atoms with Crippen molar-refractivity contribution in [1.29, 1.82) is 0 Å². The Balaban J connectivity index is 2.30. The van der Waals surface area contributed by atoms with E-state index in [1.165, 1.54) is 0 Å². The number of rotatable bonds is 4. The van der Waals surface area contributed by atoms with E-state index in [9.17, 15) is 8.78 Å². The van der Waals surface area contributed by atoms with E-state index in [0.29, 0.717) is 5.89 Å². The molecule has 0 aliphatic carbocycles. The second-order valence-electron chi connectivity index (χ2n) is 4.48. The van der Waals surface area contributed by atoms with Crippen LogP contribution in [0.1, 0.15) is 32.1 Å². The van der Waals surface area contributed by atoms with Crippen molar-refractivity contribution in [3.63, 3.8) is 0 Å². The molecular formula is C13H15F2N3O. The lowest BCUT2D eigenvalue weighted by Gasteiger charge is -2.13. The molecule has 0 aliphatic heterocycles. The maximum atomic E-state index is 13.1. The van der Waals surface area contributed by atoms with Gasteiger partial charge in [0.1, 0.15) is 11.6 Å². The minimum atomic E-state index is -0.681. The normalized spacial score (nSPS) is 14.4. The highest BCUT2D eigenvalue weighted by molar-refractivity contribution is 5.54. The highest BCUT2D eigenvalue weighted by Gasteiger charge is 2.20. The van der Waals surface area contributed by atoms with E-state index in [0.717, 1.165) is 24.6 Å². The van der Waals surface area contributed by atoms with Crippen molar-refractivity contribution in [1.82, 2.24) is 10.1 Å². The number of nitrogens with two attached hydrogens (primary N) is 1. The highest BCUT2D eigenvalue weighted by Crippen LogP contribution is 2.23. The molecule has 2 N–H and O–H groups in total. The summed E-state index contributed by atoms with van der Waals surface area (Å²) in [6.07, 6.45) is 0.771. The van der Waals surface area contributed by atoms with E-state index in [1.54, 1.807) is 0 Å². The molecule has 0 spiro atoms. The highest BCUT2D eigenvalue weighted by atomic mass is 19.1. The molecule has 0 amide bonds.